The molecule has 4 N–H and O–H groups in total. The number of morpholine rings is 1. The maximum absolute atomic E-state index is 10.8. The van der Waals surface area contributed by atoms with E-state index in [2.05, 4.69) is 16.7 Å². The summed E-state index contributed by atoms with van der Waals surface area (Å²) < 4.78 is 11.0. The summed E-state index contributed by atoms with van der Waals surface area (Å²) in [6.07, 6.45) is 3.73. The van der Waals surface area contributed by atoms with Crippen LogP contribution in [-0.2, 0) is 16.1 Å². The van der Waals surface area contributed by atoms with Crippen molar-refractivity contribution in [2.24, 2.45) is 11.7 Å². The number of carbonyl (C=O) groups is 1. The molecule has 6 nitrogen and oxygen atoms in total. The SMILES string of the molecule is Cl.NC(=O)COc1cccc(CNC2CCCC2C2COCCN2)c1. The van der Waals surface area contributed by atoms with E-state index in [1.807, 2.05) is 18.2 Å². The molecule has 3 atom stereocenters. The Balaban J connectivity index is 0.00000225. The molecule has 25 heavy (non-hydrogen) atoms. The average molecular weight is 370 g/mol. The van der Waals surface area contributed by atoms with Crippen molar-refractivity contribution in [3.8, 4) is 5.75 Å². The first-order chi connectivity index (χ1) is 11.7. The summed E-state index contributed by atoms with van der Waals surface area (Å²) in [7, 11) is 0. The monoisotopic (exact) mass is 369 g/mol. The molecule has 0 spiro atoms. The second kappa shape index (κ2) is 9.97. The van der Waals surface area contributed by atoms with E-state index in [0.29, 0.717) is 23.8 Å². The van der Waals surface area contributed by atoms with Gasteiger partial charge in [-0.2, -0.15) is 0 Å². The Morgan fingerprint density at radius 3 is 3.04 bits per heavy atom. The maximum atomic E-state index is 10.8. The lowest BCUT2D eigenvalue weighted by molar-refractivity contribution is -0.119. The molecule has 7 heteroatoms. The molecule has 0 aromatic heterocycles. The van der Waals surface area contributed by atoms with Crippen molar-refractivity contribution < 1.29 is 14.3 Å². The van der Waals surface area contributed by atoms with Crippen LogP contribution in [0.3, 0.4) is 0 Å². The molecule has 1 saturated carbocycles. The third-order valence-corrected chi connectivity index (χ3v) is 4.88. The van der Waals surface area contributed by atoms with E-state index in [1.54, 1.807) is 0 Å². The summed E-state index contributed by atoms with van der Waals surface area (Å²) in [6, 6.07) is 8.78. The van der Waals surface area contributed by atoms with Crippen LogP contribution in [0.25, 0.3) is 0 Å². The molecule has 1 aromatic rings. The van der Waals surface area contributed by atoms with Crippen molar-refractivity contribution in [1.82, 2.24) is 10.6 Å². The zero-order valence-corrected chi connectivity index (χ0v) is 15.2. The van der Waals surface area contributed by atoms with Gasteiger partial charge < -0.3 is 25.8 Å². The number of primary amides is 1. The van der Waals surface area contributed by atoms with E-state index >= 15 is 0 Å². The number of nitrogens with two attached hydrogens (primary N) is 1. The van der Waals surface area contributed by atoms with E-state index in [0.717, 1.165) is 31.9 Å². The average Bonchev–Trinajstić information content (AvgIpc) is 3.08. The van der Waals surface area contributed by atoms with Crippen molar-refractivity contribution in [3.63, 3.8) is 0 Å². The molecule has 1 aliphatic heterocycles. The smallest absolute Gasteiger partial charge is 0.255 e. The molecule has 1 heterocycles. The van der Waals surface area contributed by atoms with Gasteiger partial charge in [0.05, 0.1) is 13.2 Å². The van der Waals surface area contributed by atoms with E-state index in [4.69, 9.17) is 15.2 Å². The van der Waals surface area contributed by atoms with Crippen molar-refractivity contribution in [3.05, 3.63) is 29.8 Å². The summed E-state index contributed by atoms with van der Waals surface area (Å²) in [4.78, 5) is 10.8. The Morgan fingerprint density at radius 1 is 1.40 bits per heavy atom. The van der Waals surface area contributed by atoms with E-state index in [-0.39, 0.29) is 19.0 Å². The van der Waals surface area contributed by atoms with E-state index in [9.17, 15) is 4.79 Å². The van der Waals surface area contributed by atoms with Gasteiger partial charge in [-0.05, 0) is 36.5 Å². The number of hydrogen-bond donors (Lipinski definition) is 3. The number of amides is 1. The van der Waals surface area contributed by atoms with Crippen LogP contribution in [0.2, 0.25) is 0 Å². The zero-order chi connectivity index (χ0) is 16.8. The second-order valence-electron chi connectivity index (χ2n) is 6.62. The molecule has 1 aromatic carbocycles. The molecule has 3 rings (SSSR count). The highest BCUT2D eigenvalue weighted by atomic mass is 35.5. The molecule has 3 unspecified atom stereocenters. The van der Waals surface area contributed by atoms with Gasteiger partial charge in [0.25, 0.3) is 5.91 Å². The van der Waals surface area contributed by atoms with Gasteiger partial charge in [-0.25, -0.2) is 0 Å². The van der Waals surface area contributed by atoms with E-state index < -0.39 is 5.91 Å². The molecule has 0 radical (unpaired) electrons. The summed E-state index contributed by atoms with van der Waals surface area (Å²) in [6.45, 7) is 3.29. The highest BCUT2D eigenvalue weighted by molar-refractivity contribution is 5.85. The van der Waals surface area contributed by atoms with E-state index in [1.165, 1.54) is 19.3 Å². The van der Waals surface area contributed by atoms with Crippen LogP contribution in [0.15, 0.2) is 24.3 Å². The Labute approximate surface area is 155 Å². The highest BCUT2D eigenvalue weighted by Gasteiger charge is 2.34. The summed E-state index contributed by atoms with van der Waals surface area (Å²) in [5.41, 5.74) is 6.26. The largest absolute Gasteiger partial charge is 0.484 e. The van der Waals surface area contributed by atoms with Crippen LogP contribution in [0.4, 0.5) is 0 Å². The number of nitrogens with one attached hydrogen (secondary N) is 2. The first-order valence-electron chi connectivity index (χ1n) is 8.77. The summed E-state index contributed by atoms with van der Waals surface area (Å²) in [5, 5.41) is 7.29. The van der Waals surface area contributed by atoms with Crippen molar-refractivity contribution in [2.45, 2.75) is 37.9 Å². The fraction of sp³-hybridized carbons (Fsp3) is 0.611. The van der Waals surface area contributed by atoms with Crippen molar-refractivity contribution in [2.75, 3.05) is 26.4 Å². The van der Waals surface area contributed by atoms with Gasteiger partial charge in [-0.1, -0.05) is 18.6 Å². The lowest BCUT2D eigenvalue weighted by Crippen LogP contribution is -2.50. The predicted octanol–water partition coefficient (Wildman–Crippen LogP) is 1.22. The molecule has 2 aliphatic rings. The summed E-state index contributed by atoms with van der Waals surface area (Å²) in [5.74, 6) is 0.840. The van der Waals surface area contributed by atoms with Gasteiger partial charge in [-0.15, -0.1) is 12.4 Å². The molecule has 1 saturated heterocycles. The Hall–Kier alpha value is -1.34. The van der Waals surface area contributed by atoms with Gasteiger partial charge in [0.15, 0.2) is 6.61 Å². The van der Waals surface area contributed by atoms with Crippen LogP contribution in [0.5, 0.6) is 5.75 Å². The third kappa shape index (κ3) is 5.85. The lowest BCUT2D eigenvalue weighted by atomic mass is 9.94. The minimum Gasteiger partial charge on any atom is -0.484 e. The zero-order valence-electron chi connectivity index (χ0n) is 14.4. The number of carbonyl (C=O) groups excluding carboxylic acids is 1. The minimum atomic E-state index is -0.463. The predicted molar refractivity (Wildman–Crippen MR) is 99.0 cm³/mol. The quantitative estimate of drug-likeness (QED) is 0.673. The third-order valence-electron chi connectivity index (χ3n) is 4.88. The molecule has 1 aliphatic carbocycles. The second-order valence-corrected chi connectivity index (χ2v) is 6.62. The maximum Gasteiger partial charge on any atom is 0.255 e. The van der Waals surface area contributed by atoms with Crippen LogP contribution in [-0.4, -0.2) is 44.4 Å². The molecule has 1 amide bonds. The molecular weight excluding hydrogens is 342 g/mol. The topological polar surface area (TPSA) is 85.6 Å². The Bertz CT molecular complexity index is 552. The Kier molecular flexibility index (Phi) is 7.96. The van der Waals surface area contributed by atoms with Crippen molar-refractivity contribution in [1.29, 1.82) is 0 Å². The Morgan fingerprint density at radius 2 is 2.28 bits per heavy atom. The number of benzene rings is 1. The minimum absolute atomic E-state index is 0. The van der Waals surface area contributed by atoms with Gasteiger partial charge in [0, 0.05) is 25.2 Å². The van der Waals surface area contributed by atoms with Crippen LogP contribution >= 0.6 is 12.4 Å². The number of rotatable bonds is 7. The number of halogens is 1. The number of ether oxygens (including phenoxy) is 2. The van der Waals surface area contributed by atoms with Crippen LogP contribution in [0, 0.1) is 5.92 Å². The fourth-order valence-corrected chi connectivity index (χ4v) is 3.73. The molecule has 2 fully saturated rings. The van der Waals surface area contributed by atoms with Crippen molar-refractivity contribution >= 4 is 18.3 Å². The molecule has 140 valence electrons. The normalized spacial score (nSPS) is 26.0. The molecule has 0 bridgehead atoms. The number of hydrogen-bond acceptors (Lipinski definition) is 5. The first-order valence-corrected chi connectivity index (χ1v) is 8.77. The van der Waals surface area contributed by atoms with Gasteiger partial charge >= 0.3 is 0 Å². The molecular formula is C18H28ClN3O3. The highest BCUT2D eigenvalue weighted by Crippen LogP contribution is 2.29. The van der Waals surface area contributed by atoms with Gasteiger partial charge in [0.2, 0.25) is 0 Å². The van der Waals surface area contributed by atoms with Crippen LogP contribution in [0.1, 0.15) is 24.8 Å². The van der Waals surface area contributed by atoms with Gasteiger partial charge in [0.1, 0.15) is 5.75 Å². The van der Waals surface area contributed by atoms with Gasteiger partial charge in [-0.3, -0.25) is 4.79 Å². The standard InChI is InChI=1S/C18H27N3O3.ClH/c19-18(22)12-24-14-4-1-3-13(9-14)10-21-16-6-2-5-15(16)17-11-23-8-7-20-17;/h1,3-4,9,15-17,20-21H,2,5-8,10-12H2,(H2,19,22);1H. The first kappa shape index (κ1) is 20.0. The van der Waals surface area contributed by atoms with Crippen LogP contribution < -0.4 is 21.1 Å². The lowest BCUT2D eigenvalue weighted by Gasteiger charge is -2.33. The fourth-order valence-electron chi connectivity index (χ4n) is 3.73. The summed E-state index contributed by atoms with van der Waals surface area (Å²) >= 11 is 0.